The molecule has 1 fully saturated rings. The van der Waals surface area contributed by atoms with Crippen molar-refractivity contribution >= 4 is 16.8 Å². The zero-order chi connectivity index (χ0) is 16.9. The standard InChI is InChI=1S/C18H24N4O2/c1-2-21(14-8-4-3-5-9-14)17(23)12-13-22-18(24)15-10-6-7-11-16(15)19-20-22/h6-7,10-11,14H,2-5,8-9,12-13H2,1H3. The molecule has 1 amide bonds. The van der Waals surface area contributed by atoms with E-state index in [2.05, 4.69) is 10.3 Å². The van der Waals surface area contributed by atoms with Crippen LogP contribution in [0.1, 0.15) is 45.4 Å². The zero-order valence-corrected chi connectivity index (χ0v) is 14.1. The quantitative estimate of drug-likeness (QED) is 0.845. The number of benzene rings is 1. The van der Waals surface area contributed by atoms with Crippen LogP contribution in [0.3, 0.4) is 0 Å². The van der Waals surface area contributed by atoms with Gasteiger partial charge in [-0.3, -0.25) is 9.59 Å². The zero-order valence-electron chi connectivity index (χ0n) is 14.1. The molecular formula is C18H24N4O2. The van der Waals surface area contributed by atoms with Crippen LogP contribution in [0.2, 0.25) is 0 Å². The van der Waals surface area contributed by atoms with Crippen LogP contribution in [0.5, 0.6) is 0 Å². The third-order valence-electron chi connectivity index (χ3n) is 4.84. The summed E-state index contributed by atoms with van der Waals surface area (Å²) in [5, 5.41) is 8.56. The molecular weight excluding hydrogens is 304 g/mol. The molecule has 1 saturated carbocycles. The number of amides is 1. The monoisotopic (exact) mass is 328 g/mol. The molecule has 1 aromatic carbocycles. The van der Waals surface area contributed by atoms with Crippen molar-refractivity contribution in [2.24, 2.45) is 0 Å². The molecule has 0 atom stereocenters. The fourth-order valence-electron chi connectivity index (χ4n) is 3.55. The molecule has 128 valence electrons. The van der Waals surface area contributed by atoms with Crippen LogP contribution in [0.4, 0.5) is 0 Å². The number of fused-ring (bicyclic) bond motifs is 1. The molecule has 6 heteroatoms. The maximum absolute atomic E-state index is 12.6. The first kappa shape index (κ1) is 16.6. The van der Waals surface area contributed by atoms with E-state index in [1.54, 1.807) is 12.1 Å². The second-order valence-corrected chi connectivity index (χ2v) is 6.36. The van der Waals surface area contributed by atoms with Crippen LogP contribution >= 0.6 is 0 Å². The van der Waals surface area contributed by atoms with Crippen molar-refractivity contribution in [3.05, 3.63) is 34.6 Å². The van der Waals surface area contributed by atoms with E-state index in [1.807, 2.05) is 24.0 Å². The fourth-order valence-corrected chi connectivity index (χ4v) is 3.55. The molecule has 0 N–H and O–H groups in total. The van der Waals surface area contributed by atoms with Crippen LogP contribution in [-0.2, 0) is 11.3 Å². The van der Waals surface area contributed by atoms with E-state index < -0.39 is 0 Å². The molecule has 3 rings (SSSR count). The lowest BCUT2D eigenvalue weighted by Crippen LogP contribution is -2.42. The fraction of sp³-hybridized carbons (Fsp3) is 0.556. The number of aromatic nitrogens is 3. The summed E-state index contributed by atoms with van der Waals surface area (Å²) in [6.07, 6.45) is 6.14. The summed E-state index contributed by atoms with van der Waals surface area (Å²) in [5.74, 6) is 0.103. The number of carbonyl (C=O) groups is 1. The van der Waals surface area contributed by atoms with E-state index in [-0.39, 0.29) is 24.4 Å². The lowest BCUT2D eigenvalue weighted by Gasteiger charge is -2.33. The van der Waals surface area contributed by atoms with Crippen LogP contribution in [0, 0.1) is 0 Å². The highest BCUT2D eigenvalue weighted by atomic mass is 16.2. The summed E-state index contributed by atoms with van der Waals surface area (Å²) in [6.45, 7) is 3.02. The predicted octanol–water partition coefficient (Wildman–Crippen LogP) is 2.36. The van der Waals surface area contributed by atoms with Crippen molar-refractivity contribution in [2.45, 2.75) is 58.0 Å². The van der Waals surface area contributed by atoms with E-state index in [0.29, 0.717) is 16.9 Å². The van der Waals surface area contributed by atoms with Crippen LogP contribution in [0.15, 0.2) is 29.1 Å². The van der Waals surface area contributed by atoms with Gasteiger partial charge >= 0.3 is 0 Å². The first-order valence-corrected chi connectivity index (χ1v) is 8.82. The van der Waals surface area contributed by atoms with Crippen LogP contribution < -0.4 is 5.56 Å². The maximum Gasteiger partial charge on any atom is 0.277 e. The number of nitrogens with zero attached hydrogens (tertiary/aromatic N) is 4. The normalized spacial score (nSPS) is 15.5. The highest BCUT2D eigenvalue weighted by Gasteiger charge is 2.23. The van der Waals surface area contributed by atoms with Gasteiger partial charge in [0.1, 0.15) is 5.52 Å². The topological polar surface area (TPSA) is 68.1 Å². The van der Waals surface area contributed by atoms with E-state index >= 15 is 0 Å². The van der Waals surface area contributed by atoms with Crippen molar-refractivity contribution in [3.8, 4) is 0 Å². The number of rotatable bonds is 5. The van der Waals surface area contributed by atoms with Gasteiger partial charge in [0.15, 0.2) is 0 Å². The molecule has 0 spiro atoms. The first-order valence-electron chi connectivity index (χ1n) is 8.82. The number of carbonyl (C=O) groups excluding carboxylic acids is 1. The summed E-state index contributed by atoms with van der Waals surface area (Å²) in [6, 6.07) is 7.50. The lowest BCUT2D eigenvalue weighted by atomic mass is 9.94. The summed E-state index contributed by atoms with van der Waals surface area (Å²) >= 11 is 0. The van der Waals surface area contributed by atoms with Crippen molar-refractivity contribution < 1.29 is 4.79 Å². The molecule has 0 radical (unpaired) electrons. The van der Waals surface area contributed by atoms with Crippen molar-refractivity contribution in [2.75, 3.05) is 6.54 Å². The Bertz CT molecular complexity index is 765. The molecule has 2 aromatic rings. The third-order valence-corrected chi connectivity index (χ3v) is 4.84. The number of hydrogen-bond donors (Lipinski definition) is 0. The Morgan fingerprint density at radius 3 is 2.75 bits per heavy atom. The molecule has 0 aliphatic heterocycles. The Labute approximate surface area is 141 Å². The van der Waals surface area contributed by atoms with Crippen molar-refractivity contribution in [1.82, 2.24) is 19.9 Å². The summed E-state index contributed by atoms with van der Waals surface area (Å²) in [7, 11) is 0. The predicted molar refractivity (Wildman–Crippen MR) is 92.7 cm³/mol. The van der Waals surface area contributed by atoms with Gasteiger partial charge in [-0.25, -0.2) is 4.68 Å². The van der Waals surface area contributed by atoms with Gasteiger partial charge in [-0.05, 0) is 31.9 Å². The van der Waals surface area contributed by atoms with Gasteiger partial charge < -0.3 is 4.90 Å². The average Bonchev–Trinajstić information content (AvgIpc) is 2.63. The molecule has 0 unspecified atom stereocenters. The number of hydrogen-bond acceptors (Lipinski definition) is 4. The minimum atomic E-state index is -0.186. The molecule has 1 aromatic heterocycles. The van der Waals surface area contributed by atoms with Gasteiger partial charge in [0.05, 0.1) is 11.9 Å². The van der Waals surface area contributed by atoms with Crippen molar-refractivity contribution in [1.29, 1.82) is 0 Å². The van der Waals surface area contributed by atoms with E-state index in [1.165, 1.54) is 23.9 Å². The minimum absolute atomic E-state index is 0.103. The highest BCUT2D eigenvalue weighted by molar-refractivity contribution is 5.77. The van der Waals surface area contributed by atoms with Gasteiger partial charge in [-0.2, -0.15) is 0 Å². The molecule has 24 heavy (non-hydrogen) atoms. The summed E-state index contributed by atoms with van der Waals surface area (Å²) in [5.41, 5.74) is 0.400. The third kappa shape index (κ3) is 3.47. The van der Waals surface area contributed by atoms with Crippen molar-refractivity contribution in [3.63, 3.8) is 0 Å². The van der Waals surface area contributed by atoms with Crippen LogP contribution in [0.25, 0.3) is 10.9 Å². The first-order chi connectivity index (χ1) is 11.7. The Kier molecular flexibility index (Phi) is 5.23. The second-order valence-electron chi connectivity index (χ2n) is 6.36. The Morgan fingerprint density at radius 1 is 1.25 bits per heavy atom. The summed E-state index contributed by atoms with van der Waals surface area (Å²) < 4.78 is 1.30. The summed E-state index contributed by atoms with van der Waals surface area (Å²) in [4.78, 5) is 27.0. The highest BCUT2D eigenvalue weighted by Crippen LogP contribution is 2.23. The Hall–Kier alpha value is -2.24. The SMILES string of the molecule is CCN(C(=O)CCn1nnc2ccccc2c1=O)C1CCCCC1. The van der Waals surface area contributed by atoms with E-state index in [9.17, 15) is 9.59 Å². The molecule has 1 aliphatic carbocycles. The molecule has 1 aliphatic rings. The largest absolute Gasteiger partial charge is 0.340 e. The Balaban J connectivity index is 1.69. The minimum Gasteiger partial charge on any atom is -0.340 e. The smallest absolute Gasteiger partial charge is 0.277 e. The molecule has 0 bridgehead atoms. The Morgan fingerprint density at radius 2 is 2.00 bits per heavy atom. The average molecular weight is 328 g/mol. The van der Waals surface area contributed by atoms with Gasteiger partial charge in [-0.1, -0.05) is 36.6 Å². The molecule has 0 saturated heterocycles. The van der Waals surface area contributed by atoms with Crippen LogP contribution in [-0.4, -0.2) is 38.4 Å². The maximum atomic E-state index is 12.6. The van der Waals surface area contributed by atoms with E-state index in [4.69, 9.17) is 0 Å². The number of aryl methyl sites for hydroxylation is 1. The molecule has 6 nitrogen and oxygen atoms in total. The van der Waals surface area contributed by atoms with Gasteiger partial charge in [0.25, 0.3) is 5.56 Å². The van der Waals surface area contributed by atoms with Gasteiger partial charge in [0, 0.05) is 19.0 Å². The van der Waals surface area contributed by atoms with E-state index in [0.717, 1.165) is 19.4 Å². The molecule has 1 heterocycles. The second kappa shape index (κ2) is 7.55. The lowest BCUT2D eigenvalue weighted by molar-refractivity contribution is -0.134. The van der Waals surface area contributed by atoms with Gasteiger partial charge in [-0.15, -0.1) is 5.10 Å². The van der Waals surface area contributed by atoms with Gasteiger partial charge in [0.2, 0.25) is 5.91 Å².